The zero-order valence-corrected chi connectivity index (χ0v) is 17.6. The Morgan fingerprint density at radius 2 is 1.81 bits per heavy atom. The van der Waals surface area contributed by atoms with Crippen LogP contribution >= 0.6 is 11.6 Å². The molecule has 0 aliphatic carbocycles. The van der Waals surface area contributed by atoms with E-state index in [1.165, 1.54) is 23.4 Å². The van der Waals surface area contributed by atoms with Crippen LogP contribution in [0.25, 0.3) is 5.69 Å². The molecule has 32 heavy (non-hydrogen) atoms. The van der Waals surface area contributed by atoms with Gasteiger partial charge < -0.3 is 10.2 Å². The molecule has 168 valence electrons. The van der Waals surface area contributed by atoms with Crippen LogP contribution in [0.4, 0.5) is 24.5 Å². The van der Waals surface area contributed by atoms with Crippen LogP contribution in [0.1, 0.15) is 5.56 Å². The Labute approximate surface area is 187 Å². The van der Waals surface area contributed by atoms with Gasteiger partial charge >= 0.3 is 6.18 Å². The number of aromatic nitrogens is 3. The molecule has 1 fully saturated rings. The van der Waals surface area contributed by atoms with Gasteiger partial charge in [0.2, 0.25) is 5.91 Å². The van der Waals surface area contributed by atoms with Gasteiger partial charge in [0.15, 0.2) is 0 Å². The van der Waals surface area contributed by atoms with Crippen molar-refractivity contribution < 1.29 is 18.0 Å². The lowest BCUT2D eigenvalue weighted by Crippen LogP contribution is -2.48. The molecule has 7 nitrogen and oxygen atoms in total. The maximum atomic E-state index is 13.2. The second-order valence-electron chi connectivity index (χ2n) is 7.33. The van der Waals surface area contributed by atoms with Crippen molar-refractivity contribution in [2.45, 2.75) is 6.18 Å². The summed E-state index contributed by atoms with van der Waals surface area (Å²) in [4.78, 5) is 20.6. The minimum Gasteiger partial charge on any atom is -0.368 e. The fourth-order valence-electron chi connectivity index (χ4n) is 3.59. The van der Waals surface area contributed by atoms with Gasteiger partial charge in [-0.05, 0) is 30.3 Å². The average Bonchev–Trinajstić information content (AvgIpc) is 3.29. The first-order valence-corrected chi connectivity index (χ1v) is 10.3. The van der Waals surface area contributed by atoms with Gasteiger partial charge in [0, 0.05) is 26.2 Å². The smallest absolute Gasteiger partial charge is 0.368 e. The zero-order chi connectivity index (χ0) is 22.7. The summed E-state index contributed by atoms with van der Waals surface area (Å²) in [6, 6.07) is 10.7. The zero-order valence-electron chi connectivity index (χ0n) is 16.9. The molecule has 0 saturated carbocycles. The van der Waals surface area contributed by atoms with Gasteiger partial charge in [0.25, 0.3) is 0 Å². The SMILES string of the molecule is O=C(CN1CCN(c2ccccc2Cl)CC1)Nc1cc(C(F)(F)F)ccc1-n1cncn1. The lowest BCUT2D eigenvalue weighted by molar-refractivity contribution is -0.137. The average molecular weight is 465 g/mol. The summed E-state index contributed by atoms with van der Waals surface area (Å²) >= 11 is 6.26. The van der Waals surface area contributed by atoms with Crippen molar-refractivity contribution in [1.82, 2.24) is 19.7 Å². The Hall–Kier alpha value is -3.11. The molecule has 2 aromatic carbocycles. The Kier molecular flexibility index (Phi) is 6.33. The minimum absolute atomic E-state index is 0.0185. The van der Waals surface area contributed by atoms with Crippen molar-refractivity contribution in [1.29, 1.82) is 0 Å². The molecule has 4 rings (SSSR count). The number of piperazine rings is 1. The first-order chi connectivity index (χ1) is 15.3. The van der Waals surface area contributed by atoms with E-state index in [-0.39, 0.29) is 12.2 Å². The van der Waals surface area contributed by atoms with E-state index in [4.69, 9.17) is 11.6 Å². The molecule has 2 heterocycles. The normalized spacial score (nSPS) is 15.1. The Bertz CT molecular complexity index is 1080. The second kappa shape index (κ2) is 9.17. The highest BCUT2D eigenvalue weighted by molar-refractivity contribution is 6.33. The number of hydrogen-bond donors (Lipinski definition) is 1. The van der Waals surface area contributed by atoms with Crippen molar-refractivity contribution in [3.8, 4) is 5.69 Å². The molecule has 0 unspecified atom stereocenters. The molecule has 0 radical (unpaired) electrons. The minimum atomic E-state index is -4.53. The topological polar surface area (TPSA) is 66.3 Å². The van der Waals surface area contributed by atoms with Crippen molar-refractivity contribution in [3.05, 3.63) is 65.7 Å². The number of para-hydroxylation sites is 1. The van der Waals surface area contributed by atoms with Gasteiger partial charge in [0.05, 0.1) is 34.2 Å². The summed E-state index contributed by atoms with van der Waals surface area (Å²) in [5.74, 6) is -0.406. The number of alkyl halides is 3. The predicted octanol–water partition coefficient (Wildman–Crippen LogP) is 3.70. The lowest BCUT2D eigenvalue weighted by atomic mass is 10.1. The van der Waals surface area contributed by atoms with Gasteiger partial charge in [-0.3, -0.25) is 9.69 Å². The molecule has 1 aromatic heterocycles. The van der Waals surface area contributed by atoms with E-state index in [1.807, 2.05) is 29.2 Å². The first kappa shape index (κ1) is 22.1. The number of carbonyl (C=O) groups excluding carboxylic acids is 1. The van der Waals surface area contributed by atoms with E-state index in [1.54, 1.807) is 0 Å². The molecule has 3 aromatic rings. The number of benzene rings is 2. The van der Waals surface area contributed by atoms with E-state index in [2.05, 4.69) is 20.3 Å². The fourth-order valence-corrected chi connectivity index (χ4v) is 3.85. The first-order valence-electron chi connectivity index (χ1n) is 9.89. The van der Waals surface area contributed by atoms with Crippen molar-refractivity contribution in [2.75, 3.05) is 42.9 Å². The Morgan fingerprint density at radius 1 is 1.06 bits per heavy atom. The maximum Gasteiger partial charge on any atom is 0.416 e. The standard InChI is InChI=1S/C21H20ClF3N6O/c22-16-3-1-2-4-18(16)30-9-7-29(8-10-30)12-20(32)28-17-11-15(21(23,24)25)5-6-19(17)31-14-26-13-27-31/h1-6,11,13-14H,7-10,12H2,(H,28,32). The van der Waals surface area contributed by atoms with Gasteiger partial charge in [0.1, 0.15) is 12.7 Å². The lowest BCUT2D eigenvalue weighted by Gasteiger charge is -2.36. The highest BCUT2D eigenvalue weighted by Crippen LogP contribution is 2.33. The number of anilines is 2. The predicted molar refractivity (Wildman–Crippen MR) is 115 cm³/mol. The molecule has 0 spiro atoms. The number of hydrogen-bond acceptors (Lipinski definition) is 5. The number of halogens is 4. The summed E-state index contributed by atoms with van der Waals surface area (Å²) < 4.78 is 40.9. The molecule has 11 heteroatoms. The quantitative estimate of drug-likeness (QED) is 0.623. The summed E-state index contributed by atoms with van der Waals surface area (Å²) in [6.07, 6.45) is -1.91. The second-order valence-corrected chi connectivity index (χ2v) is 7.74. The van der Waals surface area contributed by atoms with Gasteiger partial charge in [-0.15, -0.1) is 0 Å². The molecule has 1 amide bonds. The van der Waals surface area contributed by atoms with Crippen LogP contribution in [0.15, 0.2) is 55.1 Å². The van der Waals surface area contributed by atoms with Gasteiger partial charge in [-0.25, -0.2) is 9.67 Å². The molecule has 1 aliphatic rings. The number of nitrogens with zero attached hydrogens (tertiary/aromatic N) is 5. The highest BCUT2D eigenvalue weighted by Gasteiger charge is 2.31. The molecule has 1 aliphatic heterocycles. The highest BCUT2D eigenvalue weighted by atomic mass is 35.5. The third kappa shape index (κ3) is 5.03. The Balaban J connectivity index is 1.42. The van der Waals surface area contributed by atoms with Crippen LogP contribution in [-0.4, -0.2) is 58.3 Å². The summed E-state index contributed by atoms with van der Waals surface area (Å²) in [5.41, 5.74) is 0.405. The van der Waals surface area contributed by atoms with Crippen LogP contribution in [0.5, 0.6) is 0 Å². The van der Waals surface area contributed by atoms with Crippen LogP contribution in [0, 0.1) is 0 Å². The molecular weight excluding hydrogens is 445 g/mol. The van der Waals surface area contributed by atoms with Crippen molar-refractivity contribution >= 4 is 28.9 Å². The number of amides is 1. The molecule has 0 bridgehead atoms. The van der Waals surface area contributed by atoms with E-state index in [9.17, 15) is 18.0 Å². The maximum absolute atomic E-state index is 13.2. The van der Waals surface area contributed by atoms with E-state index in [0.717, 1.165) is 17.8 Å². The van der Waals surface area contributed by atoms with Crippen LogP contribution in [0.2, 0.25) is 5.02 Å². The monoisotopic (exact) mass is 464 g/mol. The summed E-state index contributed by atoms with van der Waals surface area (Å²) in [5, 5.41) is 7.23. The molecule has 1 N–H and O–H groups in total. The van der Waals surface area contributed by atoms with E-state index < -0.39 is 17.6 Å². The van der Waals surface area contributed by atoms with E-state index in [0.29, 0.717) is 36.9 Å². The third-order valence-electron chi connectivity index (χ3n) is 5.20. The summed E-state index contributed by atoms with van der Waals surface area (Å²) in [7, 11) is 0. The number of carbonyl (C=O) groups is 1. The van der Waals surface area contributed by atoms with Gasteiger partial charge in [-0.2, -0.15) is 18.3 Å². The van der Waals surface area contributed by atoms with Crippen LogP contribution < -0.4 is 10.2 Å². The Morgan fingerprint density at radius 3 is 2.47 bits per heavy atom. The van der Waals surface area contributed by atoms with Crippen LogP contribution in [0.3, 0.4) is 0 Å². The molecule has 1 saturated heterocycles. The largest absolute Gasteiger partial charge is 0.416 e. The number of nitrogens with one attached hydrogen (secondary N) is 1. The molecular formula is C21H20ClF3N6O. The third-order valence-corrected chi connectivity index (χ3v) is 5.52. The van der Waals surface area contributed by atoms with E-state index >= 15 is 0 Å². The number of rotatable bonds is 5. The van der Waals surface area contributed by atoms with Crippen molar-refractivity contribution in [2.24, 2.45) is 0 Å². The van der Waals surface area contributed by atoms with Crippen molar-refractivity contribution in [3.63, 3.8) is 0 Å². The summed E-state index contributed by atoms with van der Waals surface area (Å²) in [6.45, 7) is 2.67. The van der Waals surface area contributed by atoms with Crippen LogP contribution in [-0.2, 0) is 11.0 Å². The molecule has 0 atom stereocenters. The fraction of sp³-hybridized carbons (Fsp3) is 0.286. The van der Waals surface area contributed by atoms with Gasteiger partial charge in [-0.1, -0.05) is 23.7 Å².